The SMILES string of the molecule is Cn1cc(-n2ncc3cc(N4C(=O)CC(NC(=O)C5(C)CC5)C4c4ccccc4)ccc32)ccc1=O. The van der Waals surface area contributed by atoms with E-state index in [9.17, 15) is 14.4 Å². The van der Waals surface area contributed by atoms with E-state index in [1.54, 1.807) is 35.1 Å². The van der Waals surface area contributed by atoms with E-state index in [1.165, 1.54) is 10.6 Å². The molecule has 1 aliphatic carbocycles. The monoisotopic (exact) mass is 481 g/mol. The van der Waals surface area contributed by atoms with E-state index < -0.39 is 0 Å². The lowest BCUT2D eigenvalue weighted by Crippen LogP contribution is -2.42. The van der Waals surface area contributed by atoms with Crippen LogP contribution in [0.5, 0.6) is 0 Å². The first-order chi connectivity index (χ1) is 17.3. The Bertz CT molecular complexity index is 1550. The number of rotatable bonds is 5. The highest BCUT2D eigenvalue weighted by molar-refractivity contribution is 6.00. The van der Waals surface area contributed by atoms with Crippen molar-refractivity contribution in [3.63, 3.8) is 0 Å². The summed E-state index contributed by atoms with van der Waals surface area (Å²) in [6.45, 7) is 1.98. The minimum Gasteiger partial charge on any atom is -0.350 e. The first-order valence-corrected chi connectivity index (χ1v) is 12.2. The molecular formula is C28H27N5O3. The van der Waals surface area contributed by atoms with Crippen molar-refractivity contribution < 1.29 is 9.59 Å². The van der Waals surface area contributed by atoms with E-state index >= 15 is 0 Å². The molecule has 2 aromatic carbocycles. The molecule has 2 aliphatic rings. The third-order valence-electron chi connectivity index (χ3n) is 7.47. The quantitative estimate of drug-likeness (QED) is 0.473. The van der Waals surface area contributed by atoms with Crippen molar-refractivity contribution in [3.05, 3.63) is 89.0 Å². The van der Waals surface area contributed by atoms with Crippen LogP contribution in [0.3, 0.4) is 0 Å². The van der Waals surface area contributed by atoms with Crippen molar-refractivity contribution in [3.8, 4) is 5.69 Å². The maximum atomic E-state index is 13.4. The van der Waals surface area contributed by atoms with Crippen molar-refractivity contribution in [2.24, 2.45) is 12.5 Å². The number of anilines is 1. The summed E-state index contributed by atoms with van der Waals surface area (Å²) in [5.74, 6) is -0.00280. The summed E-state index contributed by atoms with van der Waals surface area (Å²) in [5, 5.41) is 8.59. The Morgan fingerprint density at radius 1 is 1.03 bits per heavy atom. The molecule has 1 saturated heterocycles. The predicted molar refractivity (Wildman–Crippen MR) is 137 cm³/mol. The average Bonchev–Trinajstić information content (AvgIpc) is 3.36. The molecule has 36 heavy (non-hydrogen) atoms. The van der Waals surface area contributed by atoms with Crippen LogP contribution >= 0.6 is 0 Å². The molecule has 2 atom stereocenters. The lowest BCUT2D eigenvalue weighted by Gasteiger charge is -2.30. The standard InChI is InChI=1S/C28H27N5O3/c1-28(12-13-28)27(36)30-22-15-25(35)32(26(22)18-6-4-3-5-7-18)20-8-10-23-19(14-20)16-29-33(23)21-9-11-24(34)31(2)17-21/h3-11,14,16-17,22,26H,12-13,15H2,1-2H3,(H,30,36). The first-order valence-electron chi connectivity index (χ1n) is 12.2. The van der Waals surface area contributed by atoms with Crippen LogP contribution in [0.2, 0.25) is 0 Å². The van der Waals surface area contributed by atoms with Crippen LogP contribution in [0.1, 0.15) is 37.8 Å². The van der Waals surface area contributed by atoms with Crippen LogP contribution in [0, 0.1) is 5.41 Å². The molecule has 8 heteroatoms. The van der Waals surface area contributed by atoms with Gasteiger partial charge in [-0.2, -0.15) is 5.10 Å². The highest BCUT2D eigenvalue weighted by Crippen LogP contribution is 2.46. The number of nitrogens with zero attached hydrogens (tertiary/aromatic N) is 4. The van der Waals surface area contributed by atoms with E-state index in [0.717, 1.165) is 40.7 Å². The summed E-state index contributed by atoms with van der Waals surface area (Å²) in [6, 6.07) is 18.3. The van der Waals surface area contributed by atoms with Crippen LogP contribution in [-0.2, 0) is 16.6 Å². The molecule has 0 spiro atoms. The predicted octanol–water partition coefficient (Wildman–Crippen LogP) is 3.49. The smallest absolute Gasteiger partial charge is 0.250 e. The van der Waals surface area contributed by atoms with Crippen LogP contribution in [-0.4, -0.2) is 32.2 Å². The number of nitrogens with one attached hydrogen (secondary N) is 1. The second kappa shape index (κ2) is 8.19. The summed E-state index contributed by atoms with van der Waals surface area (Å²) in [7, 11) is 1.71. The van der Waals surface area contributed by atoms with Crippen LogP contribution in [0.4, 0.5) is 5.69 Å². The van der Waals surface area contributed by atoms with Gasteiger partial charge < -0.3 is 14.8 Å². The topological polar surface area (TPSA) is 89.2 Å². The zero-order chi connectivity index (χ0) is 25.0. The normalized spacial score (nSPS) is 20.6. The van der Waals surface area contributed by atoms with E-state index in [0.29, 0.717) is 0 Å². The van der Waals surface area contributed by atoms with Gasteiger partial charge in [-0.05, 0) is 42.7 Å². The Kier molecular flexibility index (Phi) is 5.07. The lowest BCUT2D eigenvalue weighted by atomic mass is 9.98. The van der Waals surface area contributed by atoms with Gasteiger partial charge in [0.1, 0.15) is 0 Å². The van der Waals surface area contributed by atoms with Crippen LogP contribution in [0.25, 0.3) is 16.6 Å². The van der Waals surface area contributed by atoms with Crippen molar-refractivity contribution >= 4 is 28.4 Å². The van der Waals surface area contributed by atoms with E-state index in [1.807, 2.05) is 55.5 Å². The minimum absolute atomic E-state index is 0.0251. The number of carbonyl (C=O) groups excluding carboxylic acids is 2. The molecule has 3 heterocycles. The van der Waals surface area contributed by atoms with Crippen molar-refractivity contribution in [2.75, 3.05) is 4.90 Å². The van der Waals surface area contributed by atoms with E-state index in [-0.39, 0.29) is 41.3 Å². The molecule has 2 unspecified atom stereocenters. The highest BCUT2D eigenvalue weighted by Gasteiger charge is 2.48. The zero-order valence-electron chi connectivity index (χ0n) is 20.2. The second-order valence-electron chi connectivity index (χ2n) is 10.1. The lowest BCUT2D eigenvalue weighted by molar-refractivity contribution is -0.126. The number of carbonyl (C=O) groups is 2. The fourth-order valence-electron chi connectivity index (χ4n) is 5.04. The Morgan fingerprint density at radius 2 is 1.78 bits per heavy atom. The fraction of sp³-hybridized carbons (Fsp3) is 0.286. The molecule has 4 aromatic rings. The van der Waals surface area contributed by atoms with Gasteiger partial charge in [0.2, 0.25) is 17.4 Å². The average molecular weight is 482 g/mol. The Morgan fingerprint density at radius 3 is 2.50 bits per heavy atom. The number of fused-ring (bicyclic) bond motifs is 1. The molecule has 8 nitrogen and oxygen atoms in total. The van der Waals surface area contributed by atoms with Crippen molar-refractivity contribution in [1.82, 2.24) is 19.7 Å². The van der Waals surface area contributed by atoms with E-state index in [2.05, 4.69) is 10.4 Å². The summed E-state index contributed by atoms with van der Waals surface area (Å²) in [5.41, 5.74) is 2.98. The van der Waals surface area contributed by atoms with Gasteiger partial charge in [0, 0.05) is 42.2 Å². The summed E-state index contributed by atoms with van der Waals surface area (Å²) in [4.78, 5) is 39.9. The summed E-state index contributed by atoms with van der Waals surface area (Å²) < 4.78 is 3.29. The summed E-state index contributed by atoms with van der Waals surface area (Å²) in [6.07, 6.45) is 5.52. The first kappa shape index (κ1) is 22.3. The maximum absolute atomic E-state index is 13.4. The minimum atomic E-state index is -0.313. The molecular weight excluding hydrogens is 454 g/mol. The van der Waals surface area contributed by atoms with Gasteiger partial charge in [-0.15, -0.1) is 0 Å². The molecule has 2 aromatic heterocycles. The van der Waals surface area contributed by atoms with Gasteiger partial charge in [-0.3, -0.25) is 14.4 Å². The number of hydrogen-bond donors (Lipinski definition) is 1. The third kappa shape index (κ3) is 3.69. The van der Waals surface area contributed by atoms with E-state index in [4.69, 9.17) is 0 Å². The Hall–Kier alpha value is -4.20. The molecule has 2 fully saturated rings. The molecule has 0 radical (unpaired) electrons. The van der Waals surface area contributed by atoms with Crippen LogP contribution < -0.4 is 15.8 Å². The molecule has 0 bridgehead atoms. The van der Waals surface area contributed by atoms with Gasteiger partial charge in [0.15, 0.2) is 0 Å². The Labute approximate surface area is 208 Å². The fourth-order valence-corrected chi connectivity index (χ4v) is 5.04. The molecule has 182 valence electrons. The number of aryl methyl sites for hydroxylation is 1. The molecule has 1 N–H and O–H groups in total. The van der Waals surface area contributed by atoms with Gasteiger partial charge in [-0.1, -0.05) is 37.3 Å². The molecule has 1 aliphatic heterocycles. The molecule has 2 amide bonds. The van der Waals surface area contributed by atoms with Gasteiger partial charge in [0.25, 0.3) is 0 Å². The highest BCUT2D eigenvalue weighted by atomic mass is 16.2. The van der Waals surface area contributed by atoms with Gasteiger partial charge in [0.05, 0.1) is 29.5 Å². The number of hydrogen-bond acceptors (Lipinski definition) is 4. The molecule has 6 rings (SSSR count). The zero-order valence-corrected chi connectivity index (χ0v) is 20.2. The van der Waals surface area contributed by atoms with Crippen molar-refractivity contribution in [1.29, 1.82) is 0 Å². The second-order valence-corrected chi connectivity index (χ2v) is 10.1. The summed E-state index contributed by atoms with van der Waals surface area (Å²) >= 11 is 0. The van der Waals surface area contributed by atoms with Gasteiger partial charge >= 0.3 is 0 Å². The van der Waals surface area contributed by atoms with Crippen molar-refractivity contribution in [2.45, 2.75) is 38.3 Å². The number of aromatic nitrogens is 3. The molecule has 1 saturated carbocycles. The number of amides is 2. The number of benzene rings is 2. The Balaban J connectivity index is 1.38. The third-order valence-corrected chi connectivity index (χ3v) is 7.47. The largest absolute Gasteiger partial charge is 0.350 e. The maximum Gasteiger partial charge on any atom is 0.250 e. The van der Waals surface area contributed by atoms with Crippen LogP contribution in [0.15, 0.2) is 77.9 Å². The van der Waals surface area contributed by atoms with Gasteiger partial charge in [-0.25, -0.2) is 4.68 Å². The number of pyridine rings is 1.